The van der Waals surface area contributed by atoms with Crippen molar-refractivity contribution in [3.63, 3.8) is 0 Å². The van der Waals surface area contributed by atoms with Crippen LogP contribution in [0, 0.1) is 5.92 Å². The van der Waals surface area contributed by atoms with Gasteiger partial charge in [-0.15, -0.1) is 0 Å². The highest BCUT2D eigenvalue weighted by Crippen LogP contribution is 2.29. The van der Waals surface area contributed by atoms with E-state index in [0.717, 1.165) is 55.4 Å². The molecule has 1 aromatic heterocycles. The Bertz CT molecular complexity index is 1290. The first kappa shape index (κ1) is 27.8. The van der Waals surface area contributed by atoms with Crippen LogP contribution in [-0.2, 0) is 0 Å². The van der Waals surface area contributed by atoms with Crippen molar-refractivity contribution in [1.29, 1.82) is 0 Å². The molecule has 0 bridgehead atoms. The molecule has 0 saturated carbocycles. The second-order valence-electron chi connectivity index (χ2n) is 10.3. The molecule has 2 heterocycles. The van der Waals surface area contributed by atoms with Gasteiger partial charge in [-0.1, -0.05) is 29.8 Å². The van der Waals surface area contributed by atoms with Crippen LogP contribution < -0.4 is 21.1 Å². The van der Waals surface area contributed by atoms with E-state index in [4.69, 9.17) is 22.1 Å². The lowest BCUT2D eigenvalue weighted by Crippen LogP contribution is -2.31. The van der Waals surface area contributed by atoms with Crippen LogP contribution in [0.25, 0.3) is 10.9 Å². The van der Waals surface area contributed by atoms with Crippen molar-refractivity contribution >= 4 is 40.0 Å². The Morgan fingerprint density at radius 2 is 1.89 bits per heavy atom. The minimum Gasteiger partial charge on any atom is -0.496 e. The van der Waals surface area contributed by atoms with Crippen LogP contribution in [0.3, 0.4) is 0 Å². The van der Waals surface area contributed by atoms with Gasteiger partial charge in [-0.2, -0.15) is 0 Å². The van der Waals surface area contributed by atoms with Gasteiger partial charge in [-0.25, -0.2) is 0 Å². The summed E-state index contributed by atoms with van der Waals surface area (Å²) in [6.45, 7) is 8.43. The summed E-state index contributed by atoms with van der Waals surface area (Å²) in [5.74, 6) is 0.577. The number of fused-ring (bicyclic) bond motifs is 1. The molecule has 204 valence electrons. The minimum atomic E-state index is -0.213. The fourth-order valence-electron chi connectivity index (χ4n) is 5.10. The predicted octanol–water partition coefficient (Wildman–Crippen LogP) is 4.73. The second kappa shape index (κ2) is 12.5. The number of benzene rings is 2. The van der Waals surface area contributed by atoms with Crippen molar-refractivity contribution in [2.75, 3.05) is 45.6 Å². The van der Waals surface area contributed by atoms with Gasteiger partial charge in [0.2, 0.25) is 0 Å². The fraction of sp³-hybridized carbons (Fsp3) is 0.448. The molecule has 1 saturated heterocycles. The van der Waals surface area contributed by atoms with Crippen molar-refractivity contribution in [2.24, 2.45) is 5.92 Å². The number of halogens is 1. The molecular formula is C29H38ClN5O3. The molecular weight excluding hydrogens is 502 g/mol. The van der Waals surface area contributed by atoms with Crippen LogP contribution >= 0.6 is 11.6 Å². The van der Waals surface area contributed by atoms with Crippen molar-refractivity contribution in [2.45, 2.75) is 39.2 Å². The number of likely N-dealkylation sites (tertiary alicyclic amines) is 1. The number of methoxy groups -OCH3 is 1. The molecule has 8 nitrogen and oxygen atoms in total. The monoisotopic (exact) mass is 539 g/mol. The lowest BCUT2D eigenvalue weighted by Gasteiger charge is -2.17. The van der Waals surface area contributed by atoms with Crippen molar-refractivity contribution in [3.8, 4) is 5.75 Å². The van der Waals surface area contributed by atoms with E-state index >= 15 is 0 Å². The highest BCUT2D eigenvalue weighted by Gasteiger charge is 2.23. The number of anilines is 1. The number of rotatable bonds is 11. The smallest absolute Gasteiger partial charge is 0.255 e. The third-order valence-electron chi connectivity index (χ3n) is 7.21. The average Bonchev–Trinajstić information content (AvgIpc) is 3.53. The van der Waals surface area contributed by atoms with Crippen LogP contribution in [0.5, 0.6) is 5.75 Å². The van der Waals surface area contributed by atoms with Gasteiger partial charge in [0, 0.05) is 48.8 Å². The third kappa shape index (κ3) is 6.42. The quantitative estimate of drug-likeness (QED) is 0.241. The number of nitrogens with two attached hydrogens (primary N) is 1. The van der Waals surface area contributed by atoms with E-state index in [-0.39, 0.29) is 17.9 Å². The van der Waals surface area contributed by atoms with Crippen molar-refractivity contribution < 1.29 is 14.3 Å². The normalized spacial score (nSPS) is 15.8. The first-order valence-corrected chi connectivity index (χ1v) is 13.7. The van der Waals surface area contributed by atoms with Gasteiger partial charge >= 0.3 is 0 Å². The zero-order valence-corrected chi connectivity index (χ0v) is 23.2. The Labute approximate surface area is 229 Å². The molecule has 2 amide bonds. The standard InChI is InChI=1S/C29H38ClN5O3/c1-19(2)35-18-23(21-8-4-5-9-26(21)35)29(37)32-11-6-7-12-34-13-10-20(17-34)16-33-28(36)22-14-24(30)25(31)15-27(22)38-3/h4-5,8-9,14-15,18-20H,6-7,10-13,16-17,31H2,1-3H3,(H,32,37)(H,33,36)/t20-/m1/s1. The molecule has 0 unspecified atom stereocenters. The second-order valence-corrected chi connectivity index (χ2v) is 10.7. The highest BCUT2D eigenvalue weighted by atomic mass is 35.5. The molecule has 1 fully saturated rings. The van der Waals surface area contributed by atoms with E-state index < -0.39 is 0 Å². The molecule has 1 atom stereocenters. The molecule has 9 heteroatoms. The summed E-state index contributed by atoms with van der Waals surface area (Å²) in [5.41, 5.74) is 8.40. The Balaban J connectivity index is 1.17. The zero-order valence-electron chi connectivity index (χ0n) is 22.4. The van der Waals surface area contributed by atoms with E-state index in [2.05, 4.69) is 40.0 Å². The number of nitrogens with one attached hydrogen (secondary N) is 2. The van der Waals surface area contributed by atoms with E-state index in [1.165, 1.54) is 7.11 Å². The number of hydrogen-bond donors (Lipinski definition) is 3. The highest BCUT2D eigenvalue weighted by molar-refractivity contribution is 6.33. The Hall–Kier alpha value is -3.23. The number of nitrogen functional groups attached to an aromatic ring is 1. The molecule has 4 N–H and O–H groups in total. The van der Waals surface area contributed by atoms with Gasteiger partial charge in [-0.3, -0.25) is 9.59 Å². The molecule has 3 aromatic rings. The largest absolute Gasteiger partial charge is 0.496 e. The number of ether oxygens (including phenoxy) is 1. The third-order valence-corrected chi connectivity index (χ3v) is 7.54. The molecule has 2 aromatic carbocycles. The van der Waals surface area contributed by atoms with Gasteiger partial charge in [0.25, 0.3) is 11.8 Å². The van der Waals surface area contributed by atoms with E-state index in [1.807, 2.05) is 24.4 Å². The minimum absolute atomic E-state index is 0.0170. The fourth-order valence-corrected chi connectivity index (χ4v) is 5.26. The van der Waals surface area contributed by atoms with Crippen molar-refractivity contribution in [3.05, 3.63) is 58.7 Å². The molecule has 1 aliphatic rings. The van der Waals surface area contributed by atoms with Gasteiger partial charge in [0.05, 0.1) is 28.9 Å². The number of carbonyl (C=O) groups is 2. The first-order valence-electron chi connectivity index (χ1n) is 13.3. The average molecular weight is 540 g/mol. The Morgan fingerprint density at radius 1 is 1.13 bits per heavy atom. The molecule has 0 radical (unpaired) electrons. The van der Waals surface area contributed by atoms with Crippen LogP contribution in [-0.4, -0.2) is 61.1 Å². The lowest BCUT2D eigenvalue weighted by molar-refractivity contribution is 0.0939. The van der Waals surface area contributed by atoms with Crippen LogP contribution in [0.15, 0.2) is 42.6 Å². The summed E-state index contributed by atoms with van der Waals surface area (Å²) >= 11 is 6.10. The summed E-state index contributed by atoms with van der Waals surface area (Å²) in [6.07, 6.45) is 4.93. The van der Waals surface area contributed by atoms with Gasteiger partial charge in [-0.05, 0) is 64.3 Å². The molecule has 4 rings (SSSR count). The maximum atomic E-state index is 12.9. The van der Waals surface area contributed by atoms with Gasteiger partial charge in [0.1, 0.15) is 5.75 Å². The molecule has 38 heavy (non-hydrogen) atoms. The lowest BCUT2D eigenvalue weighted by atomic mass is 10.1. The number of nitrogens with zero attached hydrogens (tertiary/aromatic N) is 2. The summed E-state index contributed by atoms with van der Waals surface area (Å²) in [7, 11) is 1.51. The Kier molecular flexibility index (Phi) is 9.17. The first-order chi connectivity index (χ1) is 18.3. The maximum Gasteiger partial charge on any atom is 0.255 e. The summed E-state index contributed by atoms with van der Waals surface area (Å²) in [4.78, 5) is 28.0. The SMILES string of the molecule is COc1cc(N)c(Cl)cc1C(=O)NC[C@H]1CCN(CCCCNC(=O)c2cn(C(C)C)c3ccccc23)C1. The number of hydrogen-bond acceptors (Lipinski definition) is 5. The zero-order chi connectivity index (χ0) is 27.2. The number of carbonyl (C=O) groups excluding carboxylic acids is 2. The van der Waals surface area contributed by atoms with Crippen LogP contribution in [0.1, 0.15) is 59.9 Å². The molecule has 0 spiro atoms. The summed E-state index contributed by atoms with van der Waals surface area (Å²) < 4.78 is 7.44. The van der Waals surface area contributed by atoms with E-state index in [1.54, 1.807) is 12.1 Å². The topological polar surface area (TPSA) is 102 Å². The van der Waals surface area contributed by atoms with Gasteiger partial charge in [0.15, 0.2) is 0 Å². The van der Waals surface area contributed by atoms with Crippen LogP contribution in [0.2, 0.25) is 5.02 Å². The van der Waals surface area contributed by atoms with E-state index in [9.17, 15) is 9.59 Å². The van der Waals surface area contributed by atoms with Crippen molar-refractivity contribution in [1.82, 2.24) is 20.1 Å². The summed E-state index contributed by atoms with van der Waals surface area (Å²) in [6, 6.07) is 11.5. The van der Waals surface area contributed by atoms with Gasteiger partial charge < -0.3 is 30.6 Å². The van der Waals surface area contributed by atoms with E-state index in [0.29, 0.717) is 41.0 Å². The number of para-hydroxylation sites is 1. The predicted molar refractivity (Wildman–Crippen MR) is 153 cm³/mol. The summed E-state index contributed by atoms with van der Waals surface area (Å²) in [5, 5.41) is 7.44. The Morgan fingerprint density at radius 3 is 2.66 bits per heavy atom. The van der Waals surface area contributed by atoms with Crippen LogP contribution in [0.4, 0.5) is 5.69 Å². The molecule has 1 aliphatic heterocycles. The number of unbranched alkanes of at least 4 members (excludes halogenated alkanes) is 1. The maximum absolute atomic E-state index is 12.9. The number of aromatic nitrogens is 1. The number of amides is 2. The molecule has 0 aliphatic carbocycles.